The molecule has 5 heteroatoms. The van der Waals surface area contributed by atoms with Crippen LogP contribution in [0.2, 0.25) is 0 Å². The fraction of sp³-hybridized carbons (Fsp3) is 0.0833. The van der Waals surface area contributed by atoms with Gasteiger partial charge in [-0.2, -0.15) is 5.26 Å². The average molecular weight is 380 g/mol. The van der Waals surface area contributed by atoms with Crippen LogP contribution in [0.5, 0.6) is 5.75 Å². The largest absolute Gasteiger partial charge is 0.488 e. The number of fused-ring (bicyclic) bond motifs is 3. The third-order valence-corrected chi connectivity index (χ3v) is 5.53. The van der Waals surface area contributed by atoms with Crippen molar-refractivity contribution in [3.05, 3.63) is 101 Å². The lowest BCUT2D eigenvalue weighted by Gasteiger charge is -2.38. The van der Waals surface area contributed by atoms with E-state index in [4.69, 9.17) is 10.00 Å². The van der Waals surface area contributed by atoms with Gasteiger partial charge in [0.1, 0.15) is 17.9 Å². The number of para-hydroxylation sites is 2. The second-order valence-electron chi connectivity index (χ2n) is 7.11. The molecule has 2 aliphatic rings. The molecule has 1 spiro atoms. The van der Waals surface area contributed by atoms with E-state index in [2.05, 4.69) is 11.4 Å². The zero-order valence-corrected chi connectivity index (χ0v) is 15.3. The first-order chi connectivity index (χ1) is 14.1. The number of ether oxygens (including phenoxy) is 1. The summed E-state index contributed by atoms with van der Waals surface area (Å²) in [5.74, 6) is -0.303. The first-order valence-electron chi connectivity index (χ1n) is 9.22. The minimum atomic E-state index is -1.00. The second kappa shape index (κ2) is 6.25. The number of carboxylic acid groups (broad SMARTS) is 1. The van der Waals surface area contributed by atoms with E-state index in [1.54, 1.807) is 24.3 Å². The predicted molar refractivity (Wildman–Crippen MR) is 108 cm³/mol. The van der Waals surface area contributed by atoms with E-state index in [0.29, 0.717) is 16.9 Å². The lowest BCUT2D eigenvalue weighted by Crippen LogP contribution is -2.46. The average Bonchev–Trinajstić information content (AvgIpc) is 3.04. The maximum absolute atomic E-state index is 12.6. The van der Waals surface area contributed by atoms with E-state index in [0.717, 1.165) is 22.4 Å². The Morgan fingerprint density at radius 1 is 1.03 bits per heavy atom. The van der Waals surface area contributed by atoms with Gasteiger partial charge in [-0.05, 0) is 41.0 Å². The Morgan fingerprint density at radius 2 is 1.76 bits per heavy atom. The van der Waals surface area contributed by atoms with E-state index >= 15 is 0 Å². The third-order valence-electron chi connectivity index (χ3n) is 5.53. The predicted octanol–water partition coefficient (Wildman–Crippen LogP) is 4.16. The number of nitrogens with zero attached hydrogens (tertiary/aromatic N) is 1. The standard InChI is InChI=1S/C24H16N2O3/c25-13-15-9-11-16(12-10-15)21-17-5-1-2-6-18(17)24(22(21)23(27)28)14-29-20-8-4-3-7-19(20)26-24/h1-12,26H,14H2,(H,27,28). The van der Waals surface area contributed by atoms with Crippen molar-refractivity contribution in [1.29, 1.82) is 5.26 Å². The fourth-order valence-electron chi connectivity index (χ4n) is 4.28. The van der Waals surface area contributed by atoms with Gasteiger partial charge in [0.05, 0.1) is 22.9 Å². The van der Waals surface area contributed by atoms with Gasteiger partial charge in [0.15, 0.2) is 0 Å². The van der Waals surface area contributed by atoms with Crippen molar-refractivity contribution in [3.8, 4) is 11.8 Å². The van der Waals surface area contributed by atoms with Crippen molar-refractivity contribution in [1.82, 2.24) is 0 Å². The third kappa shape index (κ3) is 2.43. The van der Waals surface area contributed by atoms with Gasteiger partial charge in [0, 0.05) is 5.57 Å². The molecule has 0 saturated carbocycles. The summed E-state index contributed by atoms with van der Waals surface area (Å²) in [6.07, 6.45) is 0. The zero-order chi connectivity index (χ0) is 20.0. The molecule has 3 aromatic rings. The minimum Gasteiger partial charge on any atom is -0.488 e. The number of nitrogens with one attached hydrogen (secondary N) is 1. The summed E-state index contributed by atoms with van der Waals surface area (Å²) in [7, 11) is 0. The van der Waals surface area contributed by atoms with Crippen molar-refractivity contribution in [2.45, 2.75) is 5.54 Å². The maximum atomic E-state index is 12.6. The van der Waals surface area contributed by atoms with Crippen molar-refractivity contribution in [2.75, 3.05) is 11.9 Å². The summed E-state index contributed by atoms with van der Waals surface area (Å²) in [6.45, 7) is 0.169. The highest BCUT2D eigenvalue weighted by Crippen LogP contribution is 2.52. The van der Waals surface area contributed by atoms with Crippen molar-refractivity contribution >= 4 is 17.2 Å². The van der Waals surface area contributed by atoms with Crippen LogP contribution in [0.4, 0.5) is 5.69 Å². The first-order valence-corrected chi connectivity index (χ1v) is 9.22. The van der Waals surface area contributed by atoms with Crippen LogP contribution in [0.15, 0.2) is 78.4 Å². The second-order valence-corrected chi connectivity index (χ2v) is 7.11. The molecule has 29 heavy (non-hydrogen) atoms. The molecule has 1 atom stereocenters. The smallest absolute Gasteiger partial charge is 0.335 e. The van der Waals surface area contributed by atoms with Gasteiger partial charge in [-0.15, -0.1) is 0 Å². The molecular weight excluding hydrogens is 364 g/mol. The minimum absolute atomic E-state index is 0.169. The van der Waals surface area contributed by atoms with Gasteiger partial charge in [0.2, 0.25) is 0 Å². The van der Waals surface area contributed by atoms with E-state index in [1.807, 2.05) is 48.5 Å². The first kappa shape index (κ1) is 17.1. The molecule has 5 rings (SSSR count). The van der Waals surface area contributed by atoms with Gasteiger partial charge < -0.3 is 15.2 Å². The summed E-state index contributed by atoms with van der Waals surface area (Å²) in [4.78, 5) is 12.6. The molecule has 140 valence electrons. The maximum Gasteiger partial charge on any atom is 0.335 e. The molecule has 2 N–H and O–H groups in total. The summed E-state index contributed by atoms with van der Waals surface area (Å²) in [5, 5.41) is 22.8. The van der Waals surface area contributed by atoms with Crippen molar-refractivity contribution in [3.63, 3.8) is 0 Å². The number of hydrogen-bond acceptors (Lipinski definition) is 4. The highest BCUT2D eigenvalue weighted by molar-refractivity contribution is 6.08. The Bertz CT molecular complexity index is 1220. The van der Waals surface area contributed by atoms with Crippen LogP contribution in [0.1, 0.15) is 22.3 Å². The van der Waals surface area contributed by atoms with Crippen molar-refractivity contribution in [2.24, 2.45) is 0 Å². The number of hydrogen-bond donors (Lipinski definition) is 2. The fourth-order valence-corrected chi connectivity index (χ4v) is 4.28. The molecule has 0 amide bonds. The number of carboxylic acids is 1. The zero-order valence-electron chi connectivity index (χ0n) is 15.3. The van der Waals surface area contributed by atoms with E-state index < -0.39 is 11.5 Å². The number of nitriles is 1. The van der Waals surface area contributed by atoms with Crippen LogP contribution in [0.25, 0.3) is 5.57 Å². The molecule has 5 nitrogen and oxygen atoms in total. The molecule has 3 aromatic carbocycles. The Hall–Kier alpha value is -4.04. The molecule has 0 radical (unpaired) electrons. The molecule has 1 heterocycles. The molecule has 0 bridgehead atoms. The Balaban J connectivity index is 1.78. The van der Waals surface area contributed by atoms with Gasteiger partial charge in [-0.1, -0.05) is 48.5 Å². The Kier molecular flexibility index (Phi) is 3.68. The van der Waals surface area contributed by atoms with Gasteiger partial charge in [-0.3, -0.25) is 0 Å². The molecular formula is C24H16N2O3. The number of rotatable bonds is 2. The summed E-state index contributed by atoms with van der Waals surface area (Å²) >= 11 is 0. The topological polar surface area (TPSA) is 82.4 Å². The molecule has 0 saturated heterocycles. The number of carbonyl (C=O) groups is 1. The normalized spacial score (nSPS) is 19.0. The van der Waals surface area contributed by atoms with Crippen LogP contribution in [-0.4, -0.2) is 17.7 Å². The van der Waals surface area contributed by atoms with E-state index in [-0.39, 0.29) is 12.2 Å². The SMILES string of the molecule is N#Cc1ccc(C2=C(C(=O)O)C3(COc4ccccc4N3)c3ccccc32)cc1. The summed E-state index contributed by atoms with van der Waals surface area (Å²) in [6, 6.07) is 24.3. The Labute approximate surface area is 167 Å². The molecule has 1 aliphatic carbocycles. The molecule has 0 fully saturated rings. The Morgan fingerprint density at radius 3 is 2.52 bits per heavy atom. The summed E-state index contributed by atoms with van der Waals surface area (Å²) in [5.41, 5.74) is 3.65. The highest BCUT2D eigenvalue weighted by Gasteiger charge is 2.51. The van der Waals surface area contributed by atoms with Crippen LogP contribution in [0.3, 0.4) is 0 Å². The molecule has 1 unspecified atom stereocenters. The van der Waals surface area contributed by atoms with E-state index in [1.165, 1.54) is 0 Å². The highest BCUT2D eigenvalue weighted by atomic mass is 16.5. The van der Waals surface area contributed by atoms with Gasteiger partial charge in [-0.25, -0.2) is 4.79 Å². The van der Waals surface area contributed by atoms with Gasteiger partial charge >= 0.3 is 5.97 Å². The van der Waals surface area contributed by atoms with Crippen LogP contribution in [-0.2, 0) is 10.3 Å². The molecule has 0 aromatic heterocycles. The van der Waals surface area contributed by atoms with Crippen molar-refractivity contribution < 1.29 is 14.6 Å². The van der Waals surface area contributed by atoms with Crippen LogP contribution in [0, 0.1) is 11.3 Å². The number of anilines is 1. The number of aliphatic carboxylic acids is 1. The van der Waals surface area contributed by atoms with Crippen LogP contribution >= 0.6 is 0 Å². The quantitative estimate of drug-likeness (QED) is 0.698. The monoisotopic (exact) mass is 380 g/mol. The lowest BCUT2D eigenvalue weighted by molar-refractivity contribution is -0.133. The van der Waals surface area contributed by atoms with Gasteiger partial charge in [0.25, 0.3) is 0 Å². The van der Waals surface area contributed by atoms with E-state index in [9.17, 15) is 9.90 Å². The summed E-state index contributed by atoms with van der Waals surface area (Å²) < 4.78 is 6.02. The number of benzene rings is 3. The lowest BCUT2D eigenvalue weighted by atomic mass is 9.85. The molecule has 1 aliphatic heterocycles. The van der Waals surface area contributed by atoms with Crippen LogP contribution < -0.4 is 10.1 Å².